The Balaban J connectivity index is 1.78. The number of esters is 2. The van der Waals surface area contributed by atoms with Gasteiger partial charge in [-0.1, -0.05) is 24.8 Å². The molecule has 7 heteroatoms. The standard InChI is InChI=1S/C20H24O7/c1-6-8(2)17(22)25-11-7-9(3)13-14(21)16-19(5,27-16)20(13,24)15-12(11)10(4)18(23)26-15/h6,11-16,21,24H,3-4,7H2,1-2,5H3/b8-6+/t11-,12-,13-,14+,15+,16-,19+,20-/m1/s1. The Labute approximate surface area is 157 Å². The molecule has 4 fully saturated rings. The SMILES string of the molecule is C=C1C(=O)O[C@H]2[C@H]1[C@H](OC(=O)/C(C)=C/C)CC(=C)[C@@H]1[C@H](O)[C@H]3O[C@]3(C)[C@@]12O. The number of aliphatic hydroxyl groups is 2. The largest absolute Gasteiger partial charge is 0.458 e. The summed E-state index contributed by atoms with van der Waals surface area (Å²) < 4.78 is 16.8. The van der Waals surface area contributed by atoms with E-state index in [1.165, 1.54) is 0 Å². The predicted octanol–water partition coefficient (Wildman–Crippen LogP) is 0.801. The van der Waals surface area contributed by atoms with Gasteiger partial charge in [0, 0.05) is 23.5 Å². The fourth-order valence-corrected chi connectivity index (χ4v) is 5.05. The smallest absolute Gasteiger partial charge is 0.334 e. The topological polar surface area (TPSA) is 106 Å². The maximum absolute atomic E-state index is 12.4. The number of aliphatic hydroxyl groups excluding tert-OH is 1. The summed E-state index contributed by atoms with van der Waals surface area (Å²) in [5, 5.41) is 22.4. The quantitative estimate of drug-likeness (QED) is 0.318. The number of rotatable bonds is 2. The molecule has 0 unspecified atom stereocenters. The Morgan fingerprint density at radius 3 is 2.67 bits per heavy atom. The number of allylic oxidation sites excluding steroid dienone is 1. The van der Waals surface area contributed by atoms with Gasteiger partial charge in [0.05, 0.1) is 12.0 Å². The van der Waals surface area contributed by atoms with Crippen LogP contribution in [0.15, 0.2) is 36.0 Å². The summed E-state index contributed by atoms with van der Waals surface area (Å²) in [5.74, 6) is -2.66. The van der Waals surface area contributed by atoms with Gasteiger partial charge < -0.3 is 24.4 Å². The number of hydrogen-bond donors (Lipinski definition) is 2. The Bertz CT molecular complexity index is 798. The van der Waals surface area contributed by atoms with Crippen molar-refractivity contribution in [2.75, 3.05) is 0 Å². The molecule has 146 valence electrons. The van der Waals surface area contributed by atoms with Gasteiger partial charge >= 0.3 is 11.9 Å². The molecule has 2 heterocycles. The molecule has 2 saturated carbocycles. The molecule has 0 radical (unpaired) electrons. The van der Waals surface area contributed by atoms with Crippen molar-refractivity contribution >= 4 is 11.9 Å². The minimum atomic E-state index is -1.68. The molecular formula is C20H24O7. The highest BCUT2D eigenvalue weighted by Crippen LogP contribution is 2.65. The molecule has 2 aliphatic carbocycles. The van der Waals surface area contributed by atoms with Crippen LogP contribution in [0.4, 0.5) is 0 Å². The second kappa shape index (κ2) is 5.53. The van der Waals surface area contributed by atoms with E-state index in [2.05, 4.69) is 13.2 Å². The summed E-state index contributed by atoms with van der Waals surface area (Å²) in [5.41, 5.74) is -1.64. The molecule has 0 amide bonds. The first-order chi connectivity index (χ1) is 12.6. The van der Waals surface area contributed by atoms with Crippen LogP contribution in [0.25, 0.3) is 0 Å². The highest BCUT2D eigenvalue weighted by atomic mass is 16.7. The third-order valence-electron chi connectivity index (χ3n) is 6.75. The first-order valence-corrected chi connectivity index (χ1v) is 9.07. The van der Waals surface area contributed by atoms with Crippen LogP contribution in [-0.4, -0.2) is 57.8 Å². The number of hydrogen-bond acceptors (Lipinski definition) is 7. The van der Waals surface area contributed by atoms with Crippen molar-refractivity contribution in [3.8, 4) is 0 Å². The van der Waals surface area contributed by atoms with Crippen LogP contribution in [-0.2, 0) is 23.8 Å². The second-order valence-electron chi connectivity index (χ2n) is 8.09. The molecule has 8 atom stereocenters. The van der Waals surface area contributed by atoms with Crippen LogP contribution in [0.5, 0.6) is 0 Å². The van der Waals surface area contributed by atoms with E-state index in [0.29, 0.717) is 11.1 Å². The lowest BCUT2D eigenvalue weighted by Gasteiger charge is -2.40. The van der Waals surface area contributed by atoms with Gasteiger partial charge in [0.15, 0.2) is 0 Å². The number of carbonyl (C=O) groups excluding carboxylic acids is 2. The monoisotopic (exact) mass is 376 g/mol. The van der Waals surface area contributed by atoms with Crippen molar-refractivity contribution in [2.45, 2.75) is 62.8 Å². The predicted molar refractivity (Wildman–Crippen MR) is 93.3 cm³/mol. The molecule has 7 nitrogen and oxygen atoms in total. The van der Waals surface area contributed by atoms with Crippen molar-refractivity contribution in [1.29, 1.82) is 0 Å². The molecule has 2 N–H and O–H groups in total. The van der Waals surface area contributed by atoms with Crippen molar-refractivity contribution in [3.05, 3.63) is 36.0 Å². The minimum absolute atomic E-state index is 0.139. The van der Waals surface area contributed by atoms with Crippen molar-refractivity contribution in [2.24, 2.45) is 11.8 Å². The van der Waals surface area contributed by atoms with E-state index in [1.54, 1.807) is 26.8 Å². The van der Waals surface area contributed by atoms with Crippen LogP contribution in [0.3, 0.4) is 0 Å². The van der Waals surface area contributed by atoms with Crippen LogP contribution in [0.2, 0.25) is 0 Å². The van der Waals surface area contributed by atoms with Gasteiger partial charge in [0.25, 0.3) is 0 Å². The molecule has 2 aliphatic heterocycles. The fraction of sp³-hybridized carbons (Fsp3) is 0.600. The number of epoxide rings is 1. The molecule has 0 aromatic rings. The van der Waals surface area contributed by atoms with Gasteiger partial charge in [-0.15, -0.1) is 0 Å². The Morgan fingerprint density at radius 1 is 1.37 bits per heavy atom. The lowest BCUT2D eigenvalue weighted by Crippen LogP contribution is -2.59. The van der Waals surface area contributed by atoms with Gasteiger partial charge in [-0.3, -0.25) is 0 Å². The minimum Gasteiger partial charge on any atom is -0.458 e. The zero-order valence-corrected chi connectivity index (χ0v) is 15.6. The third-order valence-corrected chi connectivity index (χ3v) is 6.75. The lowest BCUT2D eigenvalue weighted by molar-refractivity contribution is -0.185. The van der Waals surface area contributed by atoms with E-state index in [1.807, 2.05) is 0 Å². The first kappa shape index (κ1) is 18.4. The highest BCUT2D eigenvalue weighted by molar-refractivity contribution is 5.92. The summed E-state index contributed by atoms with van der Waals surface area (Å²) >= 11 is 0. The van der Waals surface area contributed by atoms with Crippen molar-refractivity contribution < 1.29 is 34.0 Å². The lowest BCUT2D eigenvalue weighted by atomic mass is 9.73. The van der Waals surface area contributed by atoms with E-state index < -0.39 is 59.4 Å². The van der Waals surface area contributed by atoms with Gasteiger partial charge in [0.2, 0.25) is 0 Å². The molecule has 0 aromatic carbocycles. The molecule has 0 aromatic heterocycles. The van der Waals surface area contributed by atoms with Crippen molar-refractivity contribution in [1.82, 2.24) is 0 Å². The Hall–Kier alpha value is -1.96. The maximum Gasteiger partial charge on any atom is 0.334 e. The van der Waals surface area contributed by atoms with E-state index >= 15 is 0 Å². The summed E-state index contributed by atoms with van der Waals surface area (Å²) in [4.78, 5) is 24.6. The Kier molecular flexibility index (Phi) is 3.77. The van der Waals surface area contributed by atoms with E-state index in [0.717, 1.165) is 0 Å². The van der Waals surface area contributed by atoms with Crippen LogP contribution < -0.4 is 0 Å². The van der Waals surface area contributed by atoms with Gasteiger partial charge in [-0.05, 0) is 20.8 Å². The summed E-state index contributed by atoms with van der Waals surface area (Å²) in [7, 11) is 0. The first-order valence-electron chi connectivity index (χ1n) is 9.07. The fourth-order valence-electron chi connectivity index (χ4n) is 5.05. The molecule has 4 rings (SSSR count). The zero-order chi connectivity index (χ0) is 19.9. The van der Waals surface area contributed by atoms with E-state index in [-0.39, 0.29) is 12.0 Å². The zero-order valence-electron chi connectivity index (χ0n) is 15.6. The van der Waals surface area contributed by atoms with E-state index in [4.69, 9.17) is 14.2 Å². The average molecular weight is 376 g/mol. The van der Waals surface area contributed by atoms with Gasteiger partial charge in [0.1, 0.15) is 29.5 Å². The molecule has 4 aliphatic rings. The molecule has 2 saturated heterocycles. The average Bonchev–Trinajstić information content (AvgIpc) is 3.20. The van der Waals surface area contributed by atoms with Crippen LogP contribution in [0.1, 0.15) is 27.2 Å². The Morgan fingerprint density at radius 2 is 2.04 bits per heavy atom. The second-order valence-corrected chi connectivity index (χ2v) is 8.09. The number of ether oxygens (including phenoxy) is 3. The molecular weight excluding hydrogens is 352 g/mol. The number of carbonyl (C=O) groups is 2. The number of fused-ring (bicyclic) bond motifs is 5. The summed E-state index contributed by atoms with van der Waals surface area (Å²) in [6.07, 6.45) is -1.54. The van der Waals surface area contributed by atoms with Crippen LogP contribution >= 0.6 is 0 Å². The normalized spacial score (nSPS) is 48.3. The van der Waals surface area contributed by atoms with Crippen LogP contribution in [0, 0.1) is 11.8 Å². The molecule has 0 bridgehead atoms. The molecule has 27 heavy (non-hydrogen) atoms. The van der Waals surface area contributed by atoms with Gasteiger partial charge in [-0.2, -0.15) is 0 Å². The highest BCUT2D eigenvalue weighted by Gasteiger charge is 2.83. The van der Waals surface area contributed by atoms with Crippen molar-refractivity contribution in [3.63, 3.8) is 0 Å². The third kappa shape index (κ3) is 2.13. The summed E-state index contributed by atoms with van der Waals surface area (Å²) in [6.45, 7) is 12.9. The van der Waals surface area contributed by atoms with E-state index in [9.17, 15) is 19.8 Å². The maximum atomic E-state index is 12.4. The molecule has 0 spiro atoms. The van der Waals surface area contributed by atoms with Gasteiger partial charge in [-0.25, -0.2) is 9.59 Å². The summed E-state index contributed by atoms with van der Waals surface area (Å²) in [6, 6.07) is 0.